The Morgan fingerprint density at radius 1 is 0.865 bits per heavy atom. The van der Waals surface area contributed by atoms with Crippen molar-refractivity contribution in [2.24, 2.45) is 4.99 Å². The third-order valence-corrected chi connectivity index (χ3v) is 6.06. The van der Waals surface area contributed by atoms with Gasteiger partial charge in [0.25, 0.3) is 5.56 Å². The van der Waals surface area contributed by atoms with Gasteiger partial charge in [0, 0.05) is 10.6 Å². The number of halogens is 1. The SMILES string of the molecule is COc1ccc(-c2[nH]n(-c3ccccc3)c(=O)c2C(C)=Nc2cc(Cl)ccc2Oc2ccccc2)cc1. The van der Waals surface area contributed by atoms with Gasteiger partial charge in [-0.1, -0.05) is 48.0 Å². The van der Waals surface area contributed by atoms with Gasteiger partial charge >= 0.3 is 0 Å². The minimum absolute atomic E-state index is 0.217. The minimum Gasteiger partial charge on any atom is -0.497 e. The van der Waals surface area contributed by atoms with Gasteiger partial charge in [0.1, 0.15) is 17.2 Å². The van der Waals surface area contributed by atoms with E-state index in [2.05, 4.69) is 5.10 Å². The summed E-state index contributed by atoms with van der Waals surface area (Å²) in [5, 5.41) is 3.79. The van der Waals surface area contributed by atoms with Crippen LogP contribution in [0.15, 0.2) is 113 Å². The van der Waals surface area contributed by atoms with Gasteiger partial charge in [0.05, 0.1) is 29.8 Å². The molecule has 0 saturated carbocycles. The van der Waals surface area contributed by atoms with Crippen LogP contribution >= 0.6 is 11.6 Å². The molecule has 184 valence electrons. The second kappa shape index (κ2) is 10.6. The average molecular weight is 510 g/mol. The number of aromatic amines is 1. The van der Waals surface area contributed by atoms with Crippen LogP contribution in [0.1, 0.15) is 12.5 Å². The van der Waals surface area contributed by atoms with Crippen molar-refractivity contribution in [3.8, 4) is 34.2 Å². The van der Waals surface area contributed by atoms with Gasteiger partial charge in [0.2, 0.25) is 0 Å². The van der Waals surface area contributed by atoms with Crippen LogP contribution in [-0.4, -0.2) is 22.6 Å². The number of hydrogen-bond donors (Lipinski definition) is 1. The Balaban J connectivity index is 1.65. The van der Waals surface area contributed by atoms with E-state index in [1.165, 1.54) is 4.68 Å². The molecule has 0 radical (unpaired) electrons. The first kappa shape index (κ1) is 24.2. The summed E-state index contributed by atoms with van der Waals surface area (Å²) in [4.78, 5) is 18.6. The van der Waals surface area contributed by atoms with E-state index in [0.717, 1.165) is 17.0 Å². The Morgan fingerprint density at radius 2 is 1.54 bits per heavy atom. The maximum Gasteiger partial charge on any atom is 0.280 e. The first-order chi connectivity index (χ1) is 18.0. The zero-order valence-corrected chi connectivity index (χ0v) is 21.1. The topological polar surface area (TPSA) is 68.6 Å². The number of nitrogens with zero attached hydrogens (tertiary/aromatic N) is 2. The third kappa shape index (κ3) is 5.20. The first-order valence-corrected chi connectivity index (χ1v) is 12.0. The van der Waals surface area contributed by atoms with E-state index in [-0.39, 0.29) is 5.56 Å². The van der Waals surface area contributed by atoms with E-state index < -0.39 is 0 Å². The molecule has 0 amide bonds. The van der Waals surface area contributed by atoms with Crippen molar-refractivity contribution in [1.82, 2.24) is 9.78 Å². The summed E-state index contributed by atoms with van der Waals surface area (Å²) in [6.07, 6.45) is 0. The highest BCUT2D eigenvalue weighted by Gasteiger charge is 2.20. The molecule has 0 spiro atoms. The maximum absolute atomic E-state index is 13.7. The molecule has 0 atom stereocenters. The number of rotatable bonds is 7. The molecule has 4 aromatic carbocycles. The molecule has 0 aliphatic carbocycles. The summed E-state index contributed by atoms with van der Waals surface area (Å²) in [6, 6.07) is 31.6. The number of aliphatic imine (C=N–C) groups is 1. The number of hydrogen-bond acceptors (Lipinski definition) is 4. The van der Waals surface area contributed by atoms with E-state index in [1.54, 1.807) is 32.2 Å². The van der Waals surface area contributed by atoms with Gasteiger partial charge in [-0.3, -0.25) is 9.89 Å². The second-order valence-electron chi connectivity index (χ2n) is 8.29. The fraction of sp³-hybridized carbons (Fsp3) is 0.0667. The molecular weight excluding hydrogens is 486 g/mol. The van der Waals surface area contributed by atoms with Crippen LogP contribution in [0.4, 0.5) is 5.69 Å². The molecule has 1 N–H and O–H groups in total. The van der Waals surface area contributed by atoms with Gasteiger partial charge in [0.15, 0.2) is 5.75 Å². The van der Waals surface area contributed by atoms with Gasteiger partial charge < -0.3 is 9.47 Å². The third-order valence-electron chi connectivity index (χ3n) is 5.83. The molecule has 1 heterocycles. The van der Waals surface area contributed by atoms with Crippen molar-refractivity contribution in [2.75, 3.05) is 7.11 Å². The van der Waals surface area contributed by atoms with Gasteiger partial charge in [-0.2, -0.15) is 0 Å². The summed E-state index contributed by atoms with van der Waals surface area (Å²) in [6.45, 7) is 1.81. The van der Waals surface area contributed by atoms with Crippen molar-refractivity contribution in [1.29, 1.82) is 0 Å². The largest absolute Gasteiger partial charge is 0.497 e. The highest BCUT2D eigenvalue weighted by molar-refractivity contribution is 6.31. The monoisotopic (exact) mass is 509 g/mol. The number of ether oxygens (including phenoxy) is 2. The molecule has 5 rings (SSSR count). The fourth-order valence-electron chi connectivity index (χ4n) is 4.01. The summed E-state index contributed by atoms with van der Waals surface area (Å²) < 4.78 is 12.9. The van der Waals surface area contributed by atoms with Crippen LogP contribution in [0.2, 0.25) is 5.02 Å². The summed E-state index contributed by atoms with van der Waals surface area (Å²) in [5.74, 6) is 1.92. The van der Waals surface area contributed by atoms with Crippen LogP contribution in [0, 0.1) is 0 Å². The number of nitrogens with one attached hydrogen (secondary N) is 1. The lowest BCUT2D eigenvalue weighted by atomic mass is 10.0. The summed E-state index contributed by atoms with van der Waals surface area (Å²) in [5.41, 5.74) is 3.44. The van der Waals surface area contributed by atoms with Gasteiger partial charge in [-0.05, 0) is 73.7 Å². The number of para-hydroxylation sites is 2. The summed E-state index contributed by atoms with van der Waals surface area (Å²) >= 11 is 6.31. The smallest absolute Gasteiger partial charge is 0.280 e. The highest BCUT2D eigenvalue weighted by Crippen LogP contribution is 2.35. The quantitative estimate of drug-likeness (QED) is 0.232. The first-order valence-electron chi connectivity index (χ1n) is 11.7. The molecule has 7 heteroatoms. The van der Waals surface area contributed by atoms with Crippen LogP contribution in [0.3, 0.4) is 0 Å². The van der Waals surface area contributed by atoms with Crippen molar-refractivity contribution in [3.05, 3.63) is 124 Å². The van der Waals surface area contributed by atoms with E-state index in [1.807, 2.05) is 84.9 Å². The Bertz CT molecular complexity index is 1610. The van der Waals surface area contributed by atoms with Crippen molar-refractivity contribution in [2.45, 2.75) is 6.92 Å². The Morgan fingerprint density at radius 3 is 2.22 bits per heavy atom. The van der Waals surface area contributed by atoms with E-state index >= 15 is 0 Å². The van der Waals surface area contributed by atoms with Crippen LogP contribution in [0.5, 0.6) is 17.2 Å². The van der Waals surface area contributed by atoms with Crippen LogP contribution in [-0.2, 0) is 0 Å². The van der Waals surface area contributed by atoms with Crippen LogP contribution < -0.4 is 15.0 Å². The number of H-pyrrole nitrogens is 1. The Hall–Kier alpha value is -4.55. The molecule has 37 heavy (non-hydrogen) atoms. The molecule has 0 bridgehead atoms. The molecule has 6 nitrogen and oxygen atoms in total. The highest BCUT2D eigenvalue weighted by atomic mass is 35.5. The summed E-state index contributed by atoms with van der Waals surface area (Å²) in [7, 11) is 1.62. The number of aromatic nitrogens is 2. The lowest BCUT2D eigenvalue weighted by Crippen LogP contribution is -2.19. The molecule has 0 unspecified atom stereocenters. The molecule has 0 aliphatic rings. The molecule has 0 fully saturated rings. The minimum atomic E-state index is -0.217. The van der Waals surface area contributed by atoms with Crippen molar-refractivity contribution in [3.63, 3.8) is 0 Å². The van der Waals surface area contributed by atoms with Gasteiger partial charge in [-0.15, -0.1) is 0 Å². The fourth-order valence-corrected chi connectivity index (χ4v) is 4.18. The molecule has 0 saturated heterocycles. The normalized spacial score (nSPS) is 11.4. The maximum atomic E-state index is 13.7. The lowest BCUT2D eigenvalue weighted by Gasteiger charge is -2.10. The molecular formula is C30H24ClN3O3. The van der Waals surface area contributed by atoms with E-state index in [4.69, 9.17) is 26.1 Å². The average Bonchev–Trinajstić information content (AvgIpc) is 3.28. The lowest BCUT2D eigenvalue weighted by molar-refractivity contribution is 0.415. The Kier molecular flexibility index (Phi) is 6.92. The van der Waals surface area contributed by atoms with Crippen molar-refractivity contribution >= 4 is 23.0 Å². The Labute approximate surface area is 219 Å². The van der Waals surface area contributed by atoms with E-state index in [0.29, 0.717) is 39.2 Å². The molecule has 5 aromatic rings. The zero-order valence-electron chi connectivity index (χ0n) is 20.3. The van der Waals surface area contributed by atoms with Gasteiger partial charge in [-0.25, -0.2) is 9.67 Å². The predicted octanol–water partition coefficient (Wildman–Crippen LogP) is 7.43. The number of benzene rings is 4. The number of methoxy groups -OCH3 is 1. The predicted molar refractivity (Wildman–Crippen MR) is 148 cm³/mol. The van der Waals surface area contributed by atoms with Crippen LogP contribution in [0.25, 0.3) is 16.9 Å². The molecule has 1 aromatic heterocycles. The second-order valence-corrected chi connectivity index (χ2v) is 8.73. The zero-order chi connectivity index (χ0) is 25.8. The standard InChI is InChI=1S/C30H24ClN3O3/c1-20(32-26-19-22(31)15-18-27(26)37-25-11-7-4-8-12-25)28-29(21-13-16-24(36-2)17-14-21)33-34(30(28)35)23-9-5-3-6-10-23/h3-19,33H,1-2H3. The van der Waals surface area contributed by atoms with E-state index in [9.17, 15) is 4.79 Å². The molecule has 0 aliphatic heterocycles. The van der Waals surface area contributed by atoms with Crippen molar-refractivity contribution < 1.29 is 9.47 Å².